The van der Waals surface area contributed by atoms with E-state index in [1.165, 1.54) is 12.1 Å². The van der Waals surface area contributed by atoms with Gasteiger partial charge in [-0.2, -0.15) is 0 Å². The first kappa shape index (κ1) is 17.5. The Labute approximate surface area is 140 Å². The smallest absolute Gasteiger partial charge is 0.269 e. The second-order valence-corrected chi connectivity index (χ2v) is 5.57. The summed E-state index contributed by atoms with van der Waals surface area (Å²) in [6.07, 6.45) is 1.05. The Kier molecular flexibility index (Phi) is 5.95. The van der Waals surface area contributed by atoms with Crippen molar-refractivity contribution in [2.75, 3.05) is 11.9 Å². The number of hydrogen-bond acceptors (Lipinski definition) is 5. The zero-order valence-electron chi connectivity index (χ0n) is 13.7. The van der Waals surface area contributed by atoms with Crippen LogP contribution in [-0.4, -0.2) is 17.4 Å². The normalized spacial score (nSPS) is 11.8. The summed E-state index contributed by atoms with van der Waals surface area (Å²) in [5.74, 6) is 1.52. The molecule has 1 heterocycles. The number of benzene rings is 1. The first-order valence-electron chi connectivity index (χ1n) is 7.79. The highest BCUT2D eigenvalue weighted by molar-refractivity contribution is 5.76. The fourth-order valence-electron chi connectivity index (χ4n) is 2.25. The molecule has 2 aromatic rings. The Morgan fingerprint density at radius 1 is 1.25 bits per heavy atom. The van der Waals surface area contributed by atoms with E-state index < -0.39 is 4.92 Å². The van der Waals surface area contributed by atoms with Crippen LogP contribution in [0.15, 0.2) is 40.8 Å². The number of nitro groups is 1. The summed E-state index contributed by atoms with van der Waals surface area (Å²) in [4.78, 5) is 22.0. The number of nitro benzene ring substituents is 1. The van der Waals surface area contributed by atoms with E-state index in [9.17, 15) is 14.9 Å². The fraction of sp³-hybridized carbons (Fsp3) is 0.353. The van der Waals surface area contributed by atoms with Crippen molar-refractivity contribution in [3.8, 4) is 0 Å². The molecule has 7 nitrogen and oxygen atoms in total. The highest BCUT2D eigenvalue weighted by atomic mass is 16.6. The van der Waals surface area contributed by atoms with Crippen LogP contribution in [0.2, 0.25) is 0 Å². The van der Waals surface area contributed by atoms with Gasteiger partial charge in [-0.25, -0.2) is 0 Å². The van der Waals surface area contributed by atoms with Gasteiger partial charge in [0.2, 0.25) is 5.91 Å². The molecule has 24 heavy (non-hydrogen) atoms. The van der Waals surface area contributed by atoms with Crippen LogP contribution >= 0.6 is 0 Å². The van der Waals surface area contributed by atoms with Gasteiger partial charge in [0.25, 0.3) is 5.69 Å². The van der Waals surface area contributed by atoms with Crippen LogP contribution in [0, 0.1) is 17.0 Å². The maximum Gasteiger partial charge on any atom is 0.269 e. The second kappa shape index (κ2) is 8.14. The van der Waals surface area contributed by atoms with E-state index in [1.807, 2.05) is 26.0 Å². The molecular formula is C17H21N3O4. The summed E-state index contributed by atoms with van der Waals surface area (Å²) in [6.45, 7) is 4.35. The van der Waals surface area contributed by atoms with E-state index in [1.54, 1.807) is 12.1 Å². The van der Waals surface area contributed by atoms with E-state index in [0.29, 0.717) is 19.4 Å². The summed E-state index contributed by atoms with van der Waals surface area (Å²) >= 11 is 0. The Morgan fingerprint density at radius 3 is 2.54 bits per heavy atom. The monoisotopic (exact) mass is 331 g/mol. The molecule has 0 spiro atoms. The molecule has 0 aliphatic carbocycles. The van der Waals surface area contributed by atoms with E-state index in [0.717, 1.165) is 17.2 Å². The number of anilines is 1. The predicted molar refractivity (Wildman–Crippen MR) is 90.8 cm³/mol. The zero-order chi connectivity index (χ0) is 17.5. The summed E-state index contributed by atoms with van der Waals surface area (Å²) in [5, 5.41) is 16.6. The number of carbonyl (C=O) groups excluding carboxylic acids is 1. The number of hydrogen-bond donors (Lipinski definition) is 2. The van der Waals surface area contributed by atoms with Gasteiger partial charge in [0.1, 0.15) is 11.5 Å². The molecule has 1 aromatic carbocycles. The van der Waals surface area contributed by atoms with Crippen molar-refractivity contribution < 1.29 is 14.1 Å². The lowest BCUT2D eigenvalue weighted by atomic mass is 10.2. The standard InChI is InChI=1S/C17H21N3O4/c1-12-5-10-16(24-12)13(2)19-17(21)4-3-11-18-14-6-8-15(9-7-14)20(22)23/h5-10,13,18H,3-4,11H2,1-2H3,(H,19,21). The van der Waals surface area contributed by atoms with Gasteiger partial charge in [0, 0.05) is 30.8 Å². The van der Waals surface area contributed by atoms with Gasteiger partial charge in [-0.1, -0.05) is 0 Å². The van der Waals surface area contributed by atoms with Crippen molar-refractivity contribution in [1.82, 2.24) is 5.32 Å². The molecule has 0 bridgehead atoms. The molecule has 1 unspecified atom stereocenters. The summed E-state index contributed by atoms with van der Waals surface area (Å²) in [7, 11) is 0. The molecule has 0 saturated heterocycles. The Hall–Kier alpha value is -2.83. The highest BCUT2D eigenvalue weighted by Gasteiger charge is 2.12. The molecular weight excluding hydrogens is 310 g/mol. The third kappa shape index (κ3) is 5.12. The average molecular weight is 331 g/mol. The number of nitrogens with one attached hydrogen (secondary N) is 2. The first-order valence-corrected chi connectivity index (χ1v) is 7.79. The maximum absolute atomic E-state index is 11.9. The summed E-state index contributed by atoms with van der Waals surface area (Å²) in [6, 6.07) is 9.76. The van der Waals surface area contributed by atoms with Gasteiger partial charge in [-0.05, 0) is 44.5 Å². The molecule has 1 aromatic heterocycles. The van der Waals surface area contributed by atoms with Crippen LogP contribution in [0.5, 0.6) is 0 Å². The first-order chi connectivity index (χ1) is 11.5. The molecule has 0 aliphatic rings. The molecule has 0 fully saturated rings. The minimum absolute atomic E-state index is 0.0398. The molecule has 7 heteroatoms. The lowest BCUT2D eigenvalue weighted by Gasteiger charge is -2.12. The molecule has 1 amide bonds. The van der Waals surface area contributed by atoms with Crippen molar-refractivity contribution in [2.24, 2.45) is 0 Å². The van der Waals surface area contributed by atoms with Crippen LogP contribution < -0.4 is 10.6 Å². The number of rotatable bonds is 8. The largest absolute Gasteiger partial charge is 0.464 e. The molecule has 1 atom stereocenters. The average Bonchev–Trinajstić information content (AvgIpc) is 2.98. The van der Waals surface area contributed by atoms with Crippen molar-refractivity contribution in [3.05, 3.63) is 58.0 Å². The van der Waals surface area contributed by atoms with Crippen LogP contribution in [0.4, 0.5) is 11.4 Å². The van der Waals surface area contributed by atoms with Crippen LogP contribution in [-0.2, 0) is 4.79 Å². The molecule has 0 saturated carbocycles. The Bertz CT molecular complexity index is 694. The lowest BCUT2D eigenvalue weighted by Crippen LogP contribution is -2.26. The van der Waals surface area contributed by atoms with Crippen LogP contribution in [0.25, 0.3) is 0 Å². The number of amides is 1. The fourth-order valence-corrected chi connectivity index (χ4v) is 2.25. The van der Waals surface area contributed by atoms with Crippen LogP contribution in [0.1, 0.15) is 37.3 Å². The Balaban J connectivity index is 1.68. The summed E-state index contributed by atoms with van der Waals surface area (Å²) < 4.78 is 5.48. The third-order valence-electron chi connectivity index (χ3n) is 3.55. The van der Waals surface area contributed by atoms with Gasteiger partial charge in [-0.3, -0.25) is 14.9 Å². The van der Waals surface area contributed by atoms with Gasteiger partial charge in [0.15, 0.2) is 0 Å². The van der Waals surface area contributed by atoms with Gasteiger partial charge >= 0.3 is 0 Å². The number of furan rings is 1. The van der Waals surface area contributed by atoms with Crippen molar-refractivity contribution in [3.63, 3.8) is 0 Å². The van der Waals surface area contributed by atoms with Crippen LogP contribution in [0.3, 0.4) is 0 Å². The van der Waals surface area contributed by atoms with Gasteiger partial charge in [-0.15, -0.1) is 0 Å². The van der Waals surface area contributed by atoms with E-state index >= 15 is 0 Å². The van der Waals surface area contributed by atoms with Crippen molar-refractivity contribution in [2.45, 2.75) is 32.7 Å². The molecule has 0 radical (unpaired) electrons. The minimum Gasteiger partial charge on any atom is -0.464 e. The topological polar surface area (TPSA) is 97.4 Å². The molecule has 128 valence electrons. The van der Waals surface area contributed by atoms with Crippen molar-refractivity contribution in [1.29, 1.82) is 0 Å². The van der Waals surface area contributed by atoms with Gasteiger partial charge < -0.3 is 15.1 Å². The molecule has 2 N–H and O–H groups in total. The second-order valence-electron chi connectivity index (χ2n) is 5.57. The minimum atomic E-state index is -0.435. The SMILES string of the molecule is Cc1ccc(C(C)NC(=O)CCCNc2ccc([N+](=O)[O-])cc2)o1. The summed E-state index contributed by atoms with van der Waals surface area (Å²) in [5.41, 5.74) is 0.850. The number of non-ortho nitro benzene ring substituents is 1. The highest BCUT2D eigenvalue weighted by Crippen LogP contribution is 2.16. The molecule has 0 aliphatic heterocycles. The van der Waals surface area contributed by atoms with E-state index in [-0.39, 0.29) is 17.6 Å². The number of aryl methyl sites for hydroxylation is 1. The lowest BCUT2D eigenvalue weighted by molar-refractivity contribution is -0.384. The van der Waals surface area contributed by atoms with E-state index in [2.05, 4.69) is 10.6 Å². The number of nitrogens with zero attached hydrogens (tertiary/aromatic N) is 1. The van der Waals surface area contributed by atoms with E-state index in [4.69, 9.17) is 4.42 Å². The molecule has 2 rings (SSSR count). The zero-order valence-corrected chi connectivity index (χ0v) is 13.7. The van der Waals surface area contributed by atoms with Crippen molar-refractivity contribution >= 4 is 17.3 Å². The van der Waals surface area contributed by atoms with Gasteiger partial charge in [0.05, 0.1) is 11.0 Å². The third-order valence-corrected chi connectivity index (χ3v) is 3.55. The maximum atomic E-state index is 11.9. The Morgan fingerprint density at radius 2 is 1.96 bits per heavy atom. The predicted octanol–water partition coefficient (Wildman–Crippen LogP) is 3.57. The number of carbonyl (C=O) groups is 1. The quantitative estimate of drug-likeness (QED) is 0.438.